The molecule has 1 aliphatic heterocycles. The molecule has 0 aromatic carbocycles. The van der Waals surface area contributed by atoms with Gasteiger partial charge in [0.05, 0.1) is 0 Å². The van der Waals surface area contributed by atoms with Crippen LogP contribution in [0.2, 0.25) is 0 Å². The van der Waals surface area contributed by atoms with Gasteiger partial charge in [-0.3, -0.25) is 4.99 Å². The second kappa shape index (κ2) is 3.22. The van der Waals surface area contributed by atoms with Gasteiger partial charge in [-0.15, -0.1) is 0 Å². The summed E-state index contributed by atoms with van der Waals surface area (Å²) < 4.78 is 4.59. The van der Waals surface area contributed by atoms with Gasteiger partial charge in [0.2, 0.25) is 0 Å². The van der Waals surface area contributed by atoms with E-state index in [1.54, 1.807) is 6.21 Å². The Balaban J connectivity index is 2.26. The van der Waals surface area contributed by atoms with E-state index in [2.05, 4.69) is 9.73 Å². The van der Waals surface area contributed by atoms with Gasteiger partial charge in [0, 0.05) is 25.6 Å². The highest BCUT2D eigenvalue weighted by Crippen LogP contribution is 2.05. The summed E-state index contributed by atoms with van der Waals surface area (Å²) in [6.07, 6.45) is 3.40. The zero-order valence-electron chi connectivity index (χ0n) is 5.04. The lowest BCUT2D eigenvalue weighted by atomic mass is 10.1. The molecule has 0 amide bonds. The summed E-state index contributed by atoms with van der Waals surface area (Å²) in [6.45, 7) is 2.20. The molecule has 0 saturated carbocycles. The quantitative estimate of drug-likeness (QED) is 0.534. The molecule has 3 heteroatoms. The van der Waals surface area contributed by atoms with Crippen molar-refractivity contribution < 1.29 is 9.53 Å². The molecule has 3 nitrogen and oxygen atoms in total. The van der Waals surface area contributed by atoms with Crippen LogP contribution in [0.5, 0.6) is 0 Å². The predicted molar refractivity (Wildman–Crippen MR) is 33.2 cm³/mol. The maximum Gasteiger partial charge on any atom is 0.417 e. The van der Waals surface area contributed by atoms with Gasteiger partial charge in [-0.05, 0) is 0 Å². The third-order valence-electron chi connectivity index (χ3n) is 1.29. The smallest absolute Gasteiger partial charge is 0.417 e. The van der Waals surface area contributed by atoms with Crippen molar-refractivity contribution in [1.82, 2.24) is 0 Å². The van der Waals surface area contributed by atoms with Crippen molar-refractivity contribution in [2.24, 2.45) is 4.99 Å². The lowest BCUT2D eigenvalue weighted by molar-refractivity contribution is 0.174. The van der Waals surface area contributed by atoms with Gasteiger partial charge >= 0.3 is 6.47 Å². The largest absolute Gasteiger partial charge is 0.454 e. The van der Waals surface area contributed by atoms with Crippen molar-refractivity contribution >= 4 is 12.7 Å². The standard InChI is InChI=1S/C6H8NO2/c8-5-9-6-1-3-7-4-2-6/h3,6H,1-2,4H2. The van der Waals surface area contributed by atoms with Crippen LogP contribution >= 0.6 is 0 Å². The molecule has 0 N–H and O–H groups in total. The molecule has 0 aromatic rings. The highest BCUT2D eigenvalue weighted by Gasteiger charge is 2.09. The minimum atomic E-state index is 0.0278. The van der Waals surface area contributed by atoms with Crippen LogP contribution < -0.4 is 0 Å². The van der Waals surface area contributed by atoms with Gasteiger partial charge in [0.25, 0.3) is 0 Å². The zero-order valence-corrected chi connectivity index (χ0v) is 5.04. The van der Waals surface area contributed by atoms with Crippen LogP contribution in [0, 0.1) is 0 Å². The monoisotopic (exact) mass is 126 g/mol. The summed E-state index contributed by atoms with van der Waals surface area (Å²) in [5.41, 5.74) is 0. The third kappa shape index (κ3) is 1.83. The number of ether oxygens (including phenoxy) is 1. The molecule has 0 spiro atoms. The molecule has 0 saturated heterocycles. The second-order valence-corrected chi connectivity index (χ2v) is 1.94. The maximum atomic E-state index is 9.68. The number of rotatable bonds is 2. The van der Waals surface area contributed by atoms with Crippen molar-refractivity contribution in [1.29, 1.82) is 0 Å². The van der Waals surface area contributed by atoms with Crippen molar-refractivity contribution in [2.75, 3.05) is 6.54 Å². The molecule has 1 atom stereocenters. The van der Waals surface area contributed by atoms with Crippen LogP contribution in [0.4, 0.5) is 0 Å². The predicted octanol–water partition coefficient (Wildman–Crippen LogP) is 0.303. The fraction of sp³-hybridized carbons (Fsp3) is 0.667. The Bertz CT molecular complexity index is 122. The molecule has 1 radical (unpaired) electrons. The van der Waals surface area contributed by atoms with Crippen LogP contribution in [0.15, 0.2) is 4.99 Å². The summed E-state index contributed by atoms with van der Waals surface area (Å²) >= 11 is 0. The lowest BCUT2D eigenvalue weighted by Crippen LogP contribution is -2.17. The molecule has 1 rings (SSSR count). The Kier molecular flexibility index (Phi) is 2.24. The van der Waals surface area contributed by atoms with E-state index in [4.69, 9.17) is 0 Å². The molecular formula is C6H8NO2. The molecule has 1 unspecified atom stereocenters. The van der Waals surface area contributed by atoms with Crippen molar-refractivity contribution in [2.45, 2.75) is 18.9 Å². The average Bonchev–Trinajstić information content (AvgIpc) is 1.91. The van der Waals surface area contributed by atoms with E-state index in [-0.39, 0.29) is 6.10 Å². The Morgan fingerprint density at radius 3 is 3.22 bits per heavy atom. The van der Waals surface area contributed by atoms with E-state index in [9.17, 15) is 4.79 Å². The topological polar surface area (TPSA) is 38.7 Å². The minimum Gasteiger partial charge on any atom is -0.454 e. The van der Waals surface area contributed by atoms with E-state index in [1.165, 1.54) is 6.47 Å². The van der Waals surface area contributed by atoms with Crippen molar-refractivity contribution in [3.8, 4) is 0 Å². The zero-order chi connectivity index (χ0) is 6.53. The van der Waals surface area contributed by atoms with E-state index in [1.807, 2.05) is 0 Å². The maximum absolute atomic E-state index is 9.68. The fourth-order valence-corrected chi connectivity index (χ4v) is 0.795. The molecule has 0 bridgehead atoms. The molecule has 49 valence electrons. The molecule has 1 heterocycles. The Labute approximate surface area is 53.7 Å². The SMILES string of the molecule is O=[C]OC1CC=NCC1. The first kappa shape index (κ1) is 6.26. The van der Waals surface area contributed by atoms with Crippen LogP contribution in [0.3, 0.4) is 0 Å². The van der Waals surface area contributed by atoms with Gasteiger partial charge in [-0.1, -0.05) is 0 Å². The Hall–Kier alpha value is -0.860. The summed E-state index contributed by atoms with van der Waals surface area (Å²) in [6, 6.07) is 0. The van der Waals surface area contributed by atoms with Gasteiger partial charge in [-0.2, -0.15) is 0 Å². The van der Waals surface area contributed by atoms with E-state index in [0.717, 1.165) is 19.4 Å². The highest BCUT2D eigenvalue weighted by atomic mass is 16.5. The number of carbonyl (C=O) groups excluding carboxylic acids is 1. The molecule has 9 heavy (non-hydrogen) atoms. The van der Waals surface area contributed by atoms with Gasteiger partial charge in [-0.25, -0.2) is 4.79 Å². The molecule has 0 aliphatic carbocycles. The van der Waals surface area contributed by atoms with Crippen LogP contribution in [-0.2, 0) is 9.53 Å². The van der Waals surface area contributed by atoms with Crippen molar-refractivity contribution in [3.05, 3.63) is 0 Å². The summed E-state index contributed by atoms with van der Waals surface area (Å²) in [5, 5.41) is 0. The van der Waals surface area contributed by atoms with Crippen molar-refractivity contribution in [3.63, 3.8) is 0 Å². The lowest BCUT2D eigenvalue weighted by Gasteiger charge is -2.13. The van der Waals surface area contributed by atoms with E-state index >= 15 is 0 Å². The first-order valence-electron chi connectivity index (χ1n) is 2.94. The van der Waals surface area contributed by atoms with E-state index < -0.39 is 0 Å². The van der Waals surface area contributed by atoms with Crippen LogP contribution in [-0.4, -0.2) is 25.3 Å². The van der Waals surface area contributed by atoms with Gasteiger partial charge in [0.1, 0.15) is 6.10 Å². The molecule has 0 fully saturated rings. The van der Waals surface area contributed by atoms with E-state index in [0.29, 0.717) is 0 Å². The summed E-state index contributed by atoms with van der Waals surface area (Å²) in [5.74, 6) is 0. The molecule has 1 aliphatic rings. The third-order valence-corrected chi connectivity index (χ3v) is 1.29. The molecule has 0 aromatic heterocycles. The van der Waals surface area contributed by atoms with Crippen LogP contribution in [0.25, 0.3) is 0 Å². The normalized spacial score (nSPS) is 25.6. The number of hydrogen-bond acceptors (Lipinski definition) is 3. The summed E-state index contributed by atoms with van der Waals surface area (Å²) in [7, 11) is 0. The molecular weight excluding hydrogens is 118 g/mol. The highest BCUT2D eigenvalue weighted by molar-refractivity contribution is 5.59. The minimum absolute atomic E-state index is 0.0278. The second-order valence-electron chi connectivity index (χ2n) is 1.94. The Morgan fingerprint density at radius 1 is 1.78 bits per heavy atom. The van der Waals surface area contributed by atoms with Gasteiger partial charge < -0.3 is 4.74 Å². The van der Waals surface area contributed by atoms with Crippen LogP contribution in [0.1, 0.15) is 12.8 Å². The first-order chi connectivity index (χ1) is 4.43. The first-order valence-corrected chi connectivity index (χ1v) is 2.94. The number of hydrogen-bond donors (Lipinski definition) is 0. The summed E-state index contributed by atoms with van der Waals surface area (Å²) in [4.78, 5) is 13.7. The number of nitrogens with zero attached hydrogens (tertiary/aromatic N) is 1. The van der Waals surface area contributed by atoms with Gasteiger partial charge in [0.15, 0.2) is 0 Å². The average molecular weight is 126 g/mol. The fourth-order valence-electron chi connectivity index (χ4n) is 0.795. The number of aliphatic imine (C=N–C) groups is 1. The Morgan fingerprint density at radius 2 is 2.67 bits per heavy atom.